The summed E-state index contributed by atoms with van der Waals surface area (Å²) in [6, 6.07) is 4.48. The standard InChI is InChI=1S/C14H18N2/c1-9-4-5-10(2)14-13(9)11-8-15-7-6-12(11)16(14)3/h4-5,15H,6-8H2,1-3H3. The van der Waals surface area contributed by atoms with Gasteiger partial charge in [0.15, 0.2) is 0 Å². The van der Waals surface area contributed by atoms with Gasteiger partial charge >= 0.3 is 0 Å². The summed E-state index contributed by atoms with van der Waals surface area (Å²) in [4.78, 5) is 0. The molecule has 0 amide bonds. The van der Waals surface area contributed by atoms with Gasteiger partial charge in [0.1, 0.15) is 0 Å². The third-order valence-corrected chi connectivity index (χ3v) is 3.82. The molecule has 3 rings (SSSR count). The highest BCUT2D eigenvalue weighted by Gasteiger charge is 2.19. The van der Waals surface area contributed by atoms with Crippen molar-refractivity contribution in [3.63, 3.8) is 0 Å². The number of nitrogens with zero attached hydrogens (tertiary/aromatic N) is 1. The number of aryl methyl sites for hydroxylation is 3. The van der Waals surface area contributed by atoms with Gasteiger partial charge in [0.05, 0.1) is 5.52 Å². The Kier molecular flexibility index (Phi) is 2.08. The predicted molar refractivity (Wildman–Crippen MR) is 67.8 cm³/mol. The largest absolute Gasteiger partial charge is 0.347 e. The van der Waals surface area contributed by atoms with E-state index in [1.807, 2.05) is 0 Å². The van der Waals surface area contributed by atoms with Crippen LogP contribution < -0.4 is 5.32 Å². The van der Waals surface area contributed by atoms with Gasteiger partial charge in [-0.3, -0.25) is 0 Å². The van der Waals surface area contributed by atoms with E-state index in [0.717, 1.165) is 19.5 Å². The fraction of sp³-hybridized carbons (Fsp3) is 0.429. The molecular formula is C14H18N2. The van der Waals surface area contributed by atoms with E-state index in [2.05, 4.69) is 42.9 Å². The fourth-order valence-corrected chi connectivity index (χ4v) is 3.02. The summed E-state index contributed by atoms with van der Waals surface area (Å²) in [6.07, 6.45) is 1.15. The molecule has 0 saturated heterocycles. The third kappa shape index (κ3) is 1.17. The minimum atomic E-state index is 1.02. The molecule has 0 fully saturated rings. The second-order valence-electron chi connectivity index (χ2n) is 4.83. The number of aromatic nitrogens is 1. The van der Waals surface area contributed by atoms with Crippen LogP contribution in [0.15, 0.2) is 12.1 Å². The molecule has 2 nitrogen and oxygen atoms in total. The Bertz CT molecular complexity index is 564. The molecule has 84 valence electrons. The summed E-state index contributed by atoms with van der Waals surface area (Å²) < 4.78 is 2.40. The molecule has 0 saturated carbocycles. The number of nitrogens with one attached hydrogen (secondary N) is 1. The van der Waals surface area contributed by atoms with Crippen LogP contribution in [-0.2, 0) is 20.0 Å². The van der Waals surface area contributed by atoms with Gasteiger partial charge in [0.2, 0.25) is 0 Å². The van der Waals surface area contributed by atoms with Gasteiger partial charge in [0, 0.05) is 37.6 Å². The van der Waals surface area contributed by atoms with E-state index in [1.54, 1.807) is 0 Å². The predicted octanol–water partition coefficient (Wildman–Crippen LogP) is 2.44. The van der Waals surface area contributed by atoms with Crippen LogP contribution >= 0.6 is 0 Å². The molecule has 1 aliphatic heterocycles. The van der Waals surface area contributed by atoms with E-state index in [4.69, 9.17) is 0 Å². The average molecular weight is 214 g/mol. The molecule has 0 radical (unpaired) electrons. The van der Waals surface area contributed by atoms with Gasteiger partial charge in [-0.2, -0.15) is 0 Å². The lowest BCUT2D eigenvalue weighted by atomic mass is 10.0. The summed E-state index contributed by atoms with van der Waals surface area (Å²) in [5.41, 5.74) is 7.25. The van der Waals surface area contributed by atoms with Crippen molar-refractivity contribution in [1.29, 1.82) is 0 Å². The van der Waals surface area contributed by atoms with Crippen molar-refractivity contribution >= 4 is 10.9 Å². The lowest BCUT2D eigenvalue weighted by molar-refractivity contribution is 0.622. The number of hydrogen-bond acceptors (Lipinski definition) is 1. The lowest BCUT2D eigenvalue weighted by Gasteiger charge is -2.14. The number of rotatable bonds is 0. The highest BCUT2D eigenvalue weighted by Crippen LogP contribution is 2.32. The molecule has 0 aliphatic carbocycles. The first kappa shape index (κ1) is 9.91. The van der Waals surface area contributed by atoms with Crippen molar-refractivity contribution in [1.82, 2.24) is 9.88 Å². The molecule has 16 heavy (non-hydrogen) atoms. The zero-order chi connectivity index (χ0) is 11.3. The summed E-state index contributed by atoms with van der Waals surface area (Å²) in [5.74, 6) is 0. The van der Waals surface area contributed by atoms with Crippen LogP contribution in [0.25, 0.3) is 10.9 Å². The second kappa shape index (κ2) is 3.36. The van der Waals surface area contributed by atoms with Crippen LogP contribution in [0.3, 0.4) is 0 Å². The first-order chi connectivity index (χ1) is 7.70. The van der Waals surface area contributed by atoms with Gasteiger partial charge in [-0.1, -0.05) is 12.1 Å². The molecule has 0 bridgehead atoms. The van der Waals surface area contributed by atoms with E-state index in [9.17, 15) is 0 Å². The molecule has 2 aromatic rings. The summed E-state index contributed by atoms with van der Waals surface area (Å²) >= 11 is 0. The maximum Gasteiger partial charge on any atom is 0.0515 e. The molecule has 1 N–H and O–H groups in total. The van der Waals surface area contributed by atoms with E-state index in [1.165, 1.54) is 33.3 Å². The Hall–Kier alpha value is -1.28. The molecule has 2 heteroatoms. The van der Waals surface area contributed by atoms with Crippen molar-refractivity contribution < 1.29 is 0 Å². The van der Waals surface area contributed by atoms with Crippen molar-refractivity contribution in [2.24, 2.45) is 7.05 Å². The lowest BCUT2D eigenvalue weighted by Crippen LogP contribution is -2.24. The molecule has 1 aromatic carbocycles. The highest BCUT2D eigenvalue weighted by molar-refractivity contribution is 5.91. The molecule has 2 heterocycles. The van der Waals surface area contributed by atoms with Gasteiger partial charge in [-0.15, -0.1) is 0 Å². The molecule has 0 unspecified atom stereocenters. The van der Waals surface area contributed by atoms with Gasteiger partial charge < -0.3 is 9.88 Å². The Morgan fingerprint density at radius 2 is 1.94 bits per heavy atom. The summed E-state index contributed by atoms with van der Waals surface area (Å²) in [6.45, 7) is 6.56. The maximum atomic E-state index is 3.48. The topological polar surface area (TPSA) is 17.0 Å². The number of benzene rings is 1. The van der Waals surface area contributed by atoms with Crippen LogP contribution in [-0.4, -0.2) is 11.1 Å². The van der Waals surface area contributed by atoms with Crippen LogP contribution in [0.1, 0.15) is 22.4 Å². The number of fused-ring (bicyclic) bond motifs is 3. The SMILES string of the molecule is Cc1ccc(C)c2c1c1c(n2C)CCNC1. The molecule has 0 spiro atoms. The fourth-order valence-electron chi connectivity index (χ4n) is 3.02. The Morgan fingerprint density at radius 1 is 1.19 bits per heavy atom. The Balaban J connectivity index is 2.48. The van der Waals surface area contributed by atoms with Crippen molar-refractivity contribution in [3.8, 4) is 0 Å². The molecule has 1 aromatic heterocycles. The Morgan fingerprint density at radius 3 is 2.75 bits per heavy atom. The van der Waals surface area contributed by atoms with E-state index < -0.39 is 0 Å². The number of hydrogen-bond donors (Lipinski definition) is 1. The zero-order valence-corrected chi connectivity index (χ0v) is 10.2. The van der Waals surface area contributed by atoms with E-state index in [0.29, 0.717) is 0 Å². The summed E-state index contributed by atoms with van der Waals surface area (Å²) in [5, 5.41) is 4.96. The highest BCUT2D eigenvalue weighted by atomic mass is 15.0. The first-order valence-electron chi connectivity index (χ1n) is 5.97. The molecule has 0 atom stereocenters. The van der Waals surface area contributed by atoms with Gasteiger partial charge in [0.25, 0.3) is 0 Å². The third-order valence-electron chi connectivity index (χ3n) is 3.82. The first-order valence-corrected chi connectivity index (χ1v) is 5.97. The van der Waals surface area contributed by atoms with E-state index >= 15 is 0 Å². The average Bonchev–Trinajstić information content (AvgIpc) is 2.60. The minimum absolute atomic E-state index is 1.02. The second-order valence-corrected chi connectivity index (χ2v) is 4.83. The molecular weight excluding hydrogens is 196 g/mol. The zero-order valence-electron chi connectivity index (χ0n) is 10.2. The van der Waals surface area contributed by atoms with Crippen molar-refractivity contribution in [2.75, 3.05) is 6.54 Å². The van der Waals surface area contributed by atoms with Crippen molar-refractivity contribution in [2.45, 2.75) is 26.8 Å². The van der Waals surface area contributed by atoms with Crippen LogP contribution in [0.2, 0.25) is 0 Å². The normalized spacial score (nSPS) is 15.4. The smallest absolute Gasteiger partial charge is 0.0515 e. The molecule has 1 aliphatic rings. The van der Waals surface area contributed by atoms with Crippen LogP contribution in [0, 0.1) is 13.8 Å². The van der Waals surface area contributed by atoms with Crippen LogP contribution in [0.5, 0.6) is 0 Å². The van der Waals surface area contributed by atoms with Gasteiger partial charge in [-0.25, -0.2) is 0 Å². The minimum Gasteiger partial charge on any atom is -0.347 e. The Labute approximate surface area is 96.3 Å². The summed E-state index contributed by atoms with van der Waals surface area (Å²) in [7, 11) is 2.21. The maximum absolute atomic E-state index is 3.48. The quantitative estimate of drug-likeness (QED) is 0.712. The van der Waals surface area contributed by atoms with Crippen LogP contribution in [0.4, 0.5) is 0 Å². The van der Waals surface area contributed by atoms with Crippen molar-refractivity contribution in [3.05, 3.63) is 34.5 Å². The van der Waals surface area contributed by atoms with Gasteiger partial charge in [-0.05, 0) is 30.5 Å². The van der Waals surface area contributed by atoms with E-state index in [-0.39, 0.29) is 0 Å². The monoisotopic (exact) mass is 214 g/mol.